The van der Waals surface area contributed by atoms with Gasteiger partial charge >= 0.3 is 6.09 Å². The largest absolute Gasteiger partial charge is 0.412 e. The number of halogens is 1. The summed E-state index contributed by atoms with van der Waals surface area (Å²) in [6.07, 6.45) is -0.529. The van der Waals surface area contributed by atoms with Crippen molar-refractivity contribution in [3.63, 3.8) is 0 Å². The molecule has 1 rings (SSSR count). The van der Waals surface area contributed by atoms with Crippen LogP contribution in [0.25, 0.3) is 0 Å². The number of nitrogens with one attached hydrogen (secondary N) is 1. The Morgan fingerprint density at radius 1 is 1.29 bits per heavy atom. The highest BCUT2D eigenvalue weighted by Gasteiger charge is 2.22. The van der Waals surface area contributed by atoms with Crippen LogP contribution >= 0.6 is 0 Å². The van der Waals surface area contributed by atoms with Crippen LogP contribution in [0.3, 0.4) is 0 Å². The van der Waals surface area contributed by atoms with Gasteiger partial charge in [-0.1, -0.05) is 20.8 Å². The van der Waals surface area contributed by atoms with Gasteiger partial charge in [-0.25, -0.2) is 9.18 Å². The topological polar surface area (TPSA) is 38.3 Å². The zero-order valence-electron chi connectivity index (χ0n) is 10.6. The van der Waals surface area contributed by atoms with Crippen LogP contribution in [0, 0.1) is 11.2 Å². The first-order valence-corrected chi connectivity index (χ1v) is 5.53. The Hall–Kier alpha value is -1.58. The van der Waals surface area contributed by atoms with Crippen molar-refractivity contribution in [3.05, 3.63) is 30.1 Å². The Balaban J connectivity index is 2.53. The van der Waals surface area contributed by atoms with Gasteiger partial charge in [0.15, 0.2) is 0 Å². The lowest BCUT2D eigenvalue weighted by Gasteiger charge is -2.27. The number of hydrogen-bond acceptors (Lipinski definition) is 2. The highest BCUT2D eigenvalue weighted by atomic mass is 19.1. The van der Waals surface area contributed by atoms with E-state index in [1.807, 2.05) is 27.7 Å². The molecule has 0 heterocycles. The average Bonchev–Trinajstić information content (AvgIpc) is 2.20. The molecular weight excluding hydrogens is 221 g/mol. The first kappa shape index (κ1) is 13.5. The number of rotatable bonds is 2. The van der Waals surface area contributed by atoms with Crippen molar-refractivity contribution in [1.29, 1.82) is 0 Å². The Kier molecular flexibility index (Phi) is 4.10. The van der Waals surface area contributed by atoms with Crippen molar-refractivity contribution in [3.8, 4) is 5.75 Å². The van der Waals surface area contributed by atoms with E-state index < -0.39 is 6.09 Å². The molecule has 0 aliphatic carbocycles. The van der Waals surface area contributed by atoms with E-state index in [1.54, 1.807) is 0 Å². The summed E-state index contributed by atoms with van der Waals surface area (Å²) in [5.74, 6) is -0.0363. The van der Waals surface area contributed by atoms with Crippen LogP contribution in [-0.2, 0) is 0 Å². The Morgan fingerprint density at radius 2 is 1.82 bits per heavy atom. The predicted molar refractivity (Wildman–Crippen MR) is 64.5 cm³/mol. The molecule has 0 fully saturated rings. The standard InChI is InChI=1S/C13H18FNO2/c1-9(13(2,3)4)15-12(16)17-11-7-5-10(14)6-8-11/h5-9H,1-4H3,(H,15,16). The predicted octanol–water partition coefficient (Wildman–Crippen LogP) is 3.35. The van der Waals surface area contributed by atoms with Gasteiger partial charge in [0.2, 0.25) is 0 Å². The van der Waals surface area contributed by atoms with E-state index in [2.05, 4.69) is 5.32 Å². The Morgan fingerprint density at radius 3 is 2.29 bits per heavy atom. The first-order valence-electron chi connectivity index (χ1n) is 5.53. The number of carbonyl (C=O) groups is 1. The van der Waals surface area contributed by atoms with E-state index >= 15 is 0 Å². The summed E-state index contributed by atoms with van der Waals surface area (Å²) in [4.78, 5) is 11.5. The first-order chi connectivity index (χ1) is 7.79. The van der Waals surface area contributed by atoms with Gasteiger partial charge in [-0.15, -0.1) is 0 Å². The molecule has 1 atom stereocenters. The molecule has 1 aromatic rings. The molecule has 0 radical (unpaired) electrons. The summed E-state index contributed by atoms with van der Waals surface area (Å²) in [5.41, 5.74) is -0.0399. The van der Waals surface area contributed by atoms with Crippen molar-refractivity contribution in [1.82, 2.24) is 5.32 Å². The number of carbonyl (C=O) groups excluding carboxylic acids is 1. The van der Waals surface area contributed by atoms with Crippen LogP contribution in [0.2, 0.25) is 0 Å². The van der Waals surface area contributed by atoms with Gasteiger partial charge in [0.1, 0.15) is 11.6 Å². The highest BCUT2D eigenvalue weighted by Crippen LogP contribution is 2.19. The third-order valence-electron chi connectivity index (χ3n) is 2.66. The maximum absolute atomic E-state index is 12.6. The van der Waals surface area contributed by atoms with E-state index in [0.29, 0.717) is 5.75 Å². The number of hydrogen-bond donors (Lipinski definition) is 1. The molecule has 1 N–H and O–H groups in total. The maximum atomic E-state index is 12.6. The van der Waals surface area contributed by atoms with E-state index in [1.165, 1.54) is 24.3 Å². The molecular formula is C13H18FNO2. The highest BCUT2D eigenvalue weighted by molar-refractivity contribution is 5.70. The van der Waals surface area contributed by atoms with Crippen molar-refractivity contribution >= 4 is 6.09 Å². The lowest BCUT2D eigenvalue weighted by atomic mass is 9.88. The summed E-state index contributed by atoms with van der Waals surface area (Å²) >= 11 is 0. The van der Waals surface area contributed by atoms with Crippen LogP contribution in [0.15, 0.2) is 24.3 Å². The van der Waals surface area contributed by atoms with Gasteiger partial charge in [-0.3, -0.25) is 0 Å². The van der Waals surface area contributed by atoms with Gasteiger partial charge in [0, 0.05) is 6.04 Å². The molecule has 0 aromatic heterocycles. The summed E-state index contributed by atoms with van der Waals surface area (Å²) < 4.78 is 17.7. The lowest BCUT2D eigenvalue weighted by Crippen LogP contribution is -2.42. The lowest BCUT2D eigenvalue weighted by molar-refractivity contribution is 0.184. The van der Waals surface area contributed by atoms with Gasteiger partial charge in [-0.05, 0) is 36.6 Å². The summed E-state index contributed by atoms with van der Waals surface area (Å²) in [6, 6.07) is 5.30. The van der Waals surface area contributed by atoms with Gasteiger partial charge in [0.05, 0.1) is 0 Å². The van der Waals surface area contributed by atoms with Crippen LogP contribution in [-0.4, -0.2) is 12.1 Å². The molecule has 3 nitrogen and oxygen atoms in total. The normalized spacial score (nSPS) is 13.0. The minimum Gasteiger partial charge on any atom is -0.410 e. The van der Waals surface area contributed by atoms with Crippen LogP contribution in [0.5, 0.6) is 5.75 Å². The molecule has 4 heteroatoms. The van der Waals surface area contributed by atoms with E-state index in [9.17, 15) is 9.18 Å². The second-order valence-corrected chi connectivity index (χ2v) is 5.08. The summed E-state index contributed by atoms with van der Waals surface area (Å²) in [6.45, 7) is 7.98. The molecule has 0 spiro atoms. The third-order valence-corrected chi connectivity index (χ3v) is 2.66. The third kappa shape index (κ3) is 4.43. The monoisotopic (exact) mass is 239 g/mol. The van der Waals surface area contributed by atoms with E-state index in [4.69, 9.17) is 4.74 Å². The fourth-order valence-electron chi connectivity index (χ4n) is 1.03. The number of benzene rings is 1. The molecule has 1 amide bonds. The van der Waals surface area contributed by atoms with Crippen LogP contribution in [0.4, 0.5) is 9.18 Å². The zero-order chi connectivity index (χ0) is 13.1. The summed E-state index contributed by atoms with van der Waals surface area (Å²) in [7, 11) is 0. The molecule has 0 aliphatic rings. The Labute approximate surface area is 101 Å². The Bertz CT molecular complexity index is 381. The fourth-order valence-corrected chi connectivity index (χ4v) is 1.03. The minimum atomic E-state index is -0.529. The second kappa shape index (κ2) is 5.17. The molecule has 0 saturated carbocycles. The van der Waals surface area contributed by atoms with E-state index in [-0.39, 0.29) is 17.3 Å². The smallest absolute Gasteiger partial charge is 0.410 e. The van der Waals surface area contributed by atoms with Crippen molar-refractivity contribution in [2.24, 2.45) is 5.41 Å². The summed E-state index contributed by atoms with van der Waals surface area (Å²) in [5, 5.41) is 2.73. The SMILES string of the molecule is CC(NC(=O)Oc1ccc(F)cc1)C(C)(C)C. The van der Waals surface area contributed by atoms with Gasteiger partial charge in [-0.2, -0.15) is 0 Å². The second-order valence-electron chi connectivity index (χ2n) is 5.08. The molecule has 94 valence electrons. The molecule has 0 bridgehead atoms. The van der Waals surface area contributed by atoms with E-state index in [0.717, 1.165) is 0 Å². The number of ether oxygens (including phenoxy) is 1. The molecule has 0 aliphatic heterocycles. The quantitative estimate of drug-likeness (QED) is 0.859. The molecule has 1 aromatic carbocycles. The molecule has 1 unspecified atom stereocenters. The average molecular weight is 239 g/mol. The zero-order valence-corrected chi connectivity index (χ0v) is 10.6. The van der Waals surface area contributed by atoms with Crippen molar-refractivity contribution in [2.75, 3.05) is 0 Å². The molecule has 0 saturated heterocycles. The molecule has 17 heavy (non-hydrogen) atoms. The van der Waals surface area contributed by atoms with Gasteiger partial charge < -0.3 is 10.1 Å². The van der Waals surface area contributed by atoms with Crippen LogP contribution < -0.4 is 10.1 Å². The van der Waals surface area contributed by atoms with Gasteiger partial charge in [0.25, 0.3) is 0 Å². The minimum absolute atomic E-state index is 0.0181. The fraction of sp³-hybridized carbons (Fsp3) is 0.462. The van der Waals surface area contributed by atoms with Crippen molar-refractivity contribution < 1.29 is 13.9 Å². The van der Waals surface area contributed by atoms with Crippen molar-refractivity contribution in [2.45, 2.75) is 33.7 Å². The van der Waals surface area contributed by atoms with Crippen LogP contribution in [0.1, 0.15) is 27.7 Å². The number of amides is 1. The maximum Gasteiger partial charge on any atom is 0.412 e.